The van der Waals surface area contributed by atoms with Crippen LogP contribution >= 0.6 is 11.3 Å². The largest absolute Gasteiger partial charge is 0.487 e. The van der Waals surface area contributed by atoms with Crippen molar-refractivity contribution in [1.82, 2.24) is 4.98 Å². The molecule has 1 amide bonds. The van der Waals surface area contributed by atoms with E-state index in [1.807, 2.05) is 12.3 Å². The van der Waals surface area contributed by atoms with Crippen molar-refractivity contribution in [3.8, 4) is 5.75 Å². The molecule has 0 radical (unpaired) electrons. The number of nitrogens with zero attached hydrogens (tertiary/aromatic N) is 1. The van der Waals surface area contributed by atoms with E-state index in [-0.39, 0.29) is 11.7 Å². The number of thiazole rings is 1. The normalized spacial score (nSPS) is 10.4. The Morgan fingerprint density at radius 3 is 2.62 bits per heavy atom. The van der Waals surface area contributed by atoms with Gasteiger partial charge in [0.05, 0.1) is 10.7 Å². The highest BCUT2D eigenvalue weighted by Crippen LogP contribution is 2.18. The molecule has 0 saturated heterocycles. The molecule has 0 atom stereocenters. The molecule has 0 aliphatic heterocycles. The van der Waals surface area contributed by atoms with Crippen molar-refractivity contribution in [2.24, 2.45) is 0 Å². The van der Waals surface area contributed by atoms with Crippen molar-refractivity contribution >= 4 is 28.7 Å². The second-order valence-electron chi connectivity index (χ2n) is 5.77. The van der Waals surface area contributed by atoms with Gasteiger partial charge in [0, 0.05) is 22.2 Å². The van der Waals surface area contributed by atoms with Gasteiger partial charge in [-0.25, -0.2) is 4.98 Å². The van der Waals surface area contributed by atoms with Gasteiger partial charge in [-0.05, 0) is 44.2 Å². The Bertz CT molecular complexity index is 949. The fourth-order valence-electron chi connectivity index (χ4n) is 2.38. The predicted molar refractivity (Wildman–Crippen MR) is 102 cm³/mol. The molecule has 1 N–H and O–H groups in total. The van der Waals surface area contributed by atoms with Crippen LogP contribution in [0.3, 0.4) is 0 Å². The van der Waals surface area contributed by atoms with Crippen LogP contribution in [0, 0.1) is 6.92 Å². The number of ether oxygens (including phenoxy) is 1. The first-order chi connectivity index (χ1) is 12.5. The van der Waals surface area contributed by atoms with E-state index in [1.54, 1.807) is 59.9 Å². The molecule has 0 unspecified atom stereocenters. The Labute approximate surface area is 155 Å². The molecule has 3 rings (SSSR count). The Morgan fingerprint density at radius 1 is 1.12 bits per heavy atom. The number of aromatic nitrogens is 1. The first-order valence-electron chi connectivity index (χ1n) is 8.07. The zero-order valence-corrected chi connectivity index (χ0v) is 15.3. The lowest BCUT2D eigenvalue weighted by atomic mass is 10.1. The monoisotopic (exact) mass is 366 g/mol. The number of ketones is 1. The molecule has 0 aliphatic carbocycles. The molecular formula is C20H18N2O3S. The van der Waals surface area contributed by atoms with E-state index in [0.717, 1.165) is 10.7 Å². The third-order valence-electron chi connectivity index (χ3n) is 3.68. The summed E-state index contributed by atoms with van der Waals surface area (Å²) in [6.45, 7) is 3.79. The predicted octanol–water partition coefficient (Wildman–Crippen LogP) is 4.49. The van der Waals surface area contributed by atoms with Crippen LogP contribution in [0.2, 0.25) is 0 Å². The molecule has 2 aromatic carbocycles. The Morgan fingerprint density at radius 2 is 1.88 bits per heavy atom. The third-order valence-corrected chi connectivity index (χ3v) is 4.50. The molecule has 1 aromatic heterocycles. The molecule has 3 aromatic rings. The van der Waals surface area contributed by atoms with Gasteiger partial charge in [0.2, 0.25) is 0 Å². The minimum absolute atomic E-state index is 0.0474. The van der Waals surface area contributed by atoms with Gasteiger partial charge in [-0.1, -0.05) is 18.2 Å². The van der Waals surface area contributed by atoms with Crippen molar-refractivity contribution in [3.05, 3.63) is 75.7 Å². The number of benzene rings is 2. The summed E-state index contributed by atoms with van der Waals surface area (Å²) in [4.78, 5) is 28.3. The van der Waals surface area contributed by atoms with E-state index >= 15 is 0 Å². The van der Waals surface area contributed by atoms with E-state index < -0.39 is 0 Å². The van der Waals surface area contributed by atoms with E-state index in [0.29, 0.717) is 29.2 Å². The maximum Gasteiger partial charge on any atom is 0.255 e. The summed E-state index contributed by atoms with van der Waals surface area (Å²) in [5, 5.41) is 5.74. The summed E-state index contributed by atoms with van der Waals surface area (Å²) in [6, 6.07) is 13.8. The van der Waals surface area contributed by atoms with Crippen LogP contribution in [-0.2, 0) is 6.61 Å². The zero-order chi connectivity index (χ0) is 18.5. The molecule has 132 valence electrons. The van der Waals surface area contributed by atoms with Crippen LogP contribution in [0.1, 0.15) is 38.3 Å². The molecule has 26 heavy (non-hydrogen) atoms. The lowest BCUT2D eigenvalue weighted by Gasteiger charge is -2.09. The summed E-state index contributed by atoms with van der Waals surface area (Å²) in [5.41, 5.74) is 2.47. The highest BCUT2D eigenvalue weighted by molar-refractivity contribution is 7.09. The summed E-state index contributed by atoms with van der Waals surface area (Å²) in [7, 11) is 0. The first kappa shape index (κ1) is 17.8. The summed E-state index contributed by atoms with van der Waals surface area (Å²) in [5.74, 6) is 0.287. The molecule has 0 spiro atoms. The number of aryl methyl sites for hydroxylation is 1. The van der Waals surface area contributed by atoms with Crippen molar-refractivity contribution in [2.75, 3.05) is 5.32 Å². The number of rotatable bonds is 6. The Balaban J connectivity index is 1.68. The molecule has 0 saturated carbocycles. The van der Waals surface area contributed by atoms with Crippen molar-refractivity contribution in [1.29, 1.82) is 0 Å². The van der Waals surface area contributed by atoms with Crippen molar-refractivity contribution in [3.63, 3.8) is 0 Å². The minimum atomic E-state index is -0.263. The van der Waals surface area contributed by atoms with E-state index in [1.165, 1.54) is 6.92 Å². The highest BCUT2D eigenvalue weighted by Gasteiger charge is 2.09. The second kappa shape index (κ2) is 7.93. The number of hydrogen-bond acceptors (Lipinski definition) is 5. The van der Waals surface area contributed by atoms with E-state index in [9.17, 15) is 9.59 Å². The van der Waals surface area contributed by atoms with Gasteiger partial charge in [0.25, 0.3) is 5.91 Å². The van der Waals surface area contributed by atoms with Crippen molar-refractivity contribution in [2.45, 2.75) is 20.5 Å². The fourth-order valence-corrected chi connectivity index (χ4v) is 2.98. The van der Waals surface area contributed by atoms with Gasteiger partial charge in [-0.3, -0.25) is 9.59 Å². The Hall–Kier alpha value is -2.99. The second-order valence-corrected chi connectivity index (χ2v) is 6.83. The lowest BCUT2D eigenvalue weighted by molar-refractivity contribution is 0.101. The molecule has 5 nitrogen and oxygen atoms in total. The SMILES string of the molecule is CC(=O)c1cccc(NC(=O)c2cccc(OCc3csc(C)n3)c2)c1. The molecular weight excluding hydrogens is 348 g/mol. The van der Waals surface area contributed by atoms with Crippen LogP contribution in [0.5, 0.6) is 5.75 Å². The lowest BCUT2D eigenvalue weighted by Crippen LogP contribution is -2.12. The van der Waals surface area contributed by atoms with Crippen LogP contribution in [-0.4, -0.2) is 16.7 Å². The fraction of sp³-hybridized carbons (Fsp3) is 0.150. The number of carbonyl (C=O) groups is 2. The maximum absolute atomic E-state index is 12.5. The van der Waals surface area contributed by atoms with Crippen LogP contribution in [0.4, 0.5) is 5.69 Å². The number of Topliss-reactive ketones (excluding diaryl/α,β-unsaturated/α-hetero) is 1. The standard InChI is InChI=1S/C20H18N2O3S/c1-13(23)15-5-3-7-17(9-15)22-20(24)16-6-4-8-19(10-16)25-11-18-12-26-14(2)21-18/h3-10,12H,11H2,1-2H3,(H,22,24). The van der Waals surface area contributed by atoms with Crippen LogP contribution in [0.25, 0.3) is 0 Å². The van der Waals surface area contributed by atoms with Crippen molar-refractivity contribution < 1.29 is 14.3 Å². The van der Waals surface area contributed by atoms with Gasteiger partial charge in [-0.2, -0.15) is 0 Å². The average molecular weight is 366 g/mol. The quantitative estimate of drug-likeness (QED) is 0.653. The molecule has 0 aliphatic rings. The molecule has 0 fully saturated rings. The zero-order valence-electron chi connectivity index (χ0n) is 14.5. The molecule has 6 heteroatoms. The summed E-state index contributed by atoms with van der Waals surface area (Å²) in [6.07, 6.45) is 0. The highest BCUT2D eigenvalue weighted by atomic mass is 32.1. The third kappa shape index (κ3) is 4.55. The minimum Gasteiger partial charge on any atom is -0.487 e. The summed E-state index contributed by atoms with van der Waals surface area (Å²) < 4.78 is 5.72. The van der Waals surface area contributed by atoms with Gasteiger partial charge in [0.1, 0.15) is 12.4 Å². The Kier molecular flexibility index (Phi) is 5.43. The average Bonchev–Trinajstić information content (AvgIpc) is 3.06. The first-order valence-corrected chi connectivity index (χ1v) is 8.95. The van der Waals surface area contributed by atoms with E-state index in [2.05, 4.69) is 10.3 Å². The smallest absolute Gasteiger partial charge is 0.255 e. The topological polar surface area (TPSA) is 68.3 Å². The number of amides is 1. The van der Waals surface area contributed by atoms with E-state index in [4.69, 9.17) is 4.74 Å². The number of carbonyl (C=O) groups excluding carboxylic acids is 2. The van der Waals surface area contributed by atoms with Crippen LogP contribution < -0.4 is 10.1 Å². The van der Waals surface area contributed by atoms with Gasteiger partial charge < -0.3 is 10.1 Å². The van der Waals surface area contributed by atoms with Gasteiger partial charge in [-0.15, -0.1) is 11.3 Å². The number of hydrogen-bond donors (Lipinski definition) is 1. The number of nitrogens with one attached hydrogen (secondary N) is 1. The summed E-state index contributed by atoms with van der Waals surface area (Å²) >= 11 is 1.57. The van der Waals surface area contributed by atoms with Gasteiger partial charge >= 0.3 is 0 Å². The van der Waals surface area contributed by atoms with Gasteiger partial charge in [0.15, 0.2) is 5.78 Å². The maximum atomic E-state index is 12.5. The van der Waals surface area contributed by atoms with Crippen LogP contribution in [0.15, 0.2) is 53.9 Å². The number of anilines is 1. The molecule has 1 heterocycles. The molecule has 0 bridgehead atoms.